The summed E-state index contributed by atoms with van der Waals surface area (Å²) in [5, 5.41) is 3.53. The summed E-state index contributed by atoms with van der Waals surface area (Å²) < 4.78 is 0. The zero-order valence-electron chi connectivity index (χ0n) is 12.9. The van der Waals surface area contributed by atoms with Gasteiger partial charge in [-0.1, -0.05) is 26.7 Å². The van der Waals surface area contributed by atoms with Gasteiger partial charge in [0.25, 0.3) is 5.91 Å². The van der Waals surface area contributed by atoms with Crippen molar-refractivity contribution in [2.75, 3.05) is 19.4 Å². The van der Waals surface area contributed by atoms with E-state index in [1.807, 2.05) is 12.1 Å². The zero-order chi connectivity index (χ0) is 14.8. The lowest BCUT2D eigenvalue weighted by Crippen LogP contribution is -2.39. The highest BCUT2D eigenvalue weighted by atomic mass is 16.2. The highest BCUT2D eigenvalue weighted by Crippen LogP contribution is 2.36. The lowest BCUT2D eigenvalue weighted by Gasteiger charge is -2.39. The van der Waals surface area contributed by atoms with Crippen molar-refractivity contribution in [1.29, 1.82) is 0 Å². The minimum absolute atomic E-state index is 0.0120. The number of hydrogen-bond acceptors (Lipinski definition) is 3. The van der Waals surface area contributed by atoms with Crippen molar-refractivity contribution in [2.45, 2.75) is 45.6 Å². The van der Waals surface area contributed by atoms with Crippen LogP contribution in [0.3, 0.4) is 0 Å². The molecule has 1 aliphatic carbocycles. The van der Waals surface area contributed by atoms with E-state index >= 15 is 0 Å². The SMILES string of the molecule is CN(C)C(=O)c1ccc(NC2CCCCC2(C)C)nc1. The van der Waals surface area contributed by atoms with Crippen LogP contribution in [0.1, 0.15) is 49.9 Å². The molecule has 110 valence electrons. The third kappa shape index (κ3) is 3.30. The molecule has 20 heavy (non-hydrogen) atoms. The molecule has 1 saturated carbocycles. The molecule has 4 nitrogen and oxygen atoms in total. The van der Waals surface area contributed by atoms with Gasteiger partial charge in [-0.3, -0.25) is 4.79 Å². The summed E-state index contributed by atoms with van der Waals surface area (Å²) in [5.41, 5.74) is 0.932. The number of carbonyl (C=O) groups is 1. The molecule has 0 spiro atoms. The molecule has 1 heterocycles. The van der Waals surface area contributed by atoms with Gasteiger partial charge in [0.1, 0.15) is 5.82 Å². The van der Waals surface area contributed by atoms with Crippen molar-refractivity contribution in [3.8, 4) is 0 Å². The lowest BCUT2D eigenvalue weighted by atomic mass is 9.73. The summed E-state index contributed by atoms with van der Waals surface area (Å²) >= 11 is 0. The van der Waals surface area contributed by atoms with Crippen LogP contribution in [-0.4, -0.2) is 35.9 Å². The van der Waals surface area contributed by atoms with Crippen LogP contribution in [0.15, 0.2) is 18.3 Å². The molecule has 0 aliphatic heterocycles. The van der Waals surface area contributed by atoms with Crippen molar-refractivity contribution in [1.82, 2.24) is 9.88 Å². The number of pyridine rings is 1. The molecule has 2 rings (SSSR count). The molecule has 1 amide bonds. The molecule has 0 aromatic carbocycles. The summed E-state index contributed by atoms with van der Waals surface area (Å²) in [6.45, 7) is 4.63. The van der Waals surface area contributed by atoms with Crippen molar-refractivity contribution < 1.29 is 4.79 Å². The Kier molecular flexibility index (Phi) is 4.31. The number of aromatic nitrogens is 1. The predicted octanol–water partition coefficient (Wildman–Crippen LogP) is 3.16. The highest BCUT2D eigenvalue weighted by Gasteiger charge is 2.32. The van der Waals surface area contributed by atoms with Gasteiger partial charge in [0.15, 0.2) is 0 Å². The van der Waals surface area contributed by atoms with Crippen LogP contribution >= 0.6 is 0 Å². The Morgan fingerprint density at radius 2 is 2.10 bits per heavy atom. The molecular weight excluding hydrogens is 250 g/mol. The van der Waals surface area contributed by atoms with E-state index in [0.29, 0.717) is 17.0 Å². The number of rotatable bonds is 3. The third-order valence-corrected chi connectivity index (χ3v) is 4.25. The summed E-state index contributed by atoms with van der Waals surface area (Å²) in [7, 11) is 3.50. The average Bonchev–Trinajstić information content (AvgIpc) is 2.41. The van der Waals surface area contributed by atoms with Gasteiger partial charge >= 0.3 is 0 Å². The Bertz CT molecular complexity index is 465. The Balaban J connectivity index is 2.05. The predicted molar refractivity (Wildman–Crippen MR) is 81.9 cm³/mol. The molecule has 0 radical (unpaired) electrons. The van der Waals surface area contributed by atoms with E-state index in [1.165, 1.54) is 25.7 Å². The summed E-state index contributed by atoms with van der Waals surface area (Å²) in [4.78, 5) is 17.8. The number of nitrogens with zero attached hydrogens (tertiary/aromatic N) is 2. The number of carbonyl (C=O) groups excluding carboxylic acids is 1. The second-order valence-electron chi connectivity index (χ2n) is 6.56. The van der Waals surface area contributed by atoms with Gasteiger partial charge in [-0.25, -0.2) is 4.98 Å². The van der Waals surface area contributed by atoms with Crippen LogP contribution in [0.4, 0.5) is 5.82 Å². The van der Waals surface area contributed by atoms with Crippen LogP contribution in [0, 0.1) is 5.41 Å². The molecule has 1 aromatic rings. The first kappa shape index (κ1) is 14.8. The maximum absolute atomic E-state index is 11.8. The maximum Gasteiger partial charge on any atom is 0.254 e. The number of amides is 1. The lowest BCUT2D eigenvalue weighted by molar-refractivity contribution is 0.0827. The zero-order valence-corrected chi connectivity index (χ0v) is 12.9. The first-order chi connectivity index (χ1) is 9.40. The molecule has 1 atom stereocenters. The van der Waals surface area contributed by atoms with Gasteiger partial charge in [-0.15, -0.1) is 0 Å². The first-order valence-electron chi connectivity index (χ1n) is 7.34. The van der Waals surface area contributed by atoms with Gasteiger partial charge < -0.3 is 10.2 Å². The smallest absolute Gasteiger partial charge is 0.254 e. The number of nitrogens with one attached hydrogen (secondary N) is 1. The normalized spacial score (nSPS) is 21.3. The van der Waals surface area contributed by atoms with E-state index in [2.05, 4.69) is 24.1 Å². The van der Waals surface area contributed by atoms with Gasteiger partial charge in [0.05, 0.1) is 5.56 Å². The van der Waals surface area contributed by atoms with Gasteiger partial charge in [0, 0.05) is 26.3 Å². The van der Waals surface area contributed by atoms with Gasteiger partial charge in [-0.05, 0) is 30.4 Å². The molecule has 0 saturated heterocycles. The molecule has 4 heteroatoms. The molecule has 1 aliphatic rings. The summed E-state index contributed by atoms with van der Waals surface area (Å²) in [5.74, 6) is 0.849. The monoisotopic (exact) mass is 275 g/mol. The first-order valence-corrected chi connectivity index (χ1v) is 7.34. The quantitative estimate of drug-likeness (QED) is 0.921. The fourth-order valence-corrected chi connectivity index (χ4v) is 2.80. The Morgan fingerprint density at radius 3 is 2.65 bits per heavy atom. The number of anilines is 1. The second-order valence-corrected chi connectivity index (χ2v) is 6.56. The topological polar surface area (TPSA) is 45.2 Å². The molecule has 1 N–H and O–H groups in total. The minimum Gasteiger partial charge on any atom is -0.367 e. The van der Waals surface area contributed by atoms with Crippen LogP contribution < -0.4 is 5.32 Å². The number of hydrogen-bond donors (Lipinski definition) is 1. The molecular formula is C16H25N3O. The van der Waals surface area contributed by atoms with Crippen LogP contribution in [-0.2, 0) is 0 Å². The Labute approximate surface area is 121 Å². The van der Waals surface area contributed by atoms with E-state index in [1.54, 1.807) is 25.2 Å². The fourth-order valence-electron chi connectivity index (χ4n) is 2.80. The van der Waals surface area contributed by atoms with Crippen molar-refractivity contribution in [3.05, 3.63) is 23.9 Å². The van der Waals surface area contributed by atoms with Crippen LogP contribution in [0.5, 0.6) is 0 Å². The van der Waals surface area contributed by atoms with Crippen molar-refractivity contribution in [2.24, 2.45) is 5.41 Å². The third-order valence-electron chi connectivity index (χ3n) is 4.25. The fraction of sp³-hybridized carbons (Fsp3) is 0.625. The van der Waals surface area contributed by atoms with Crippen LogP contribution in [0.2, 0.25) is 0 Å². The average molecular weight is 275 g/mol. The maximum atomic E-state index is 11.8. The van der Waals surface area contributed by atoms with Gasteiger partial charge in [-0.2, -0.15) is 0 Å². The van der Waals surface area contributed by atoms with E-state index in [9.17, 15) is 4.79 Å². The van der Waals surface area contributed by atoms with Crippen LogP contribution in [0.25, 0.3) is 0 Å². The van der Waals surface area contributed by atoms with E-state index in [-0.39, 0.29) is 5.91 Å². The highest BCUT2D eigenvalue weighted by molar-refractivity contribution is 5.93. The van der Waals surface area contributed by atoms with E-state index < -0.39 is 0 Å². The Morgan fingerprint density at radius 1 is 1.35 bits per heavy atom. The van der Waals surface area contributed by atoms with E-state index in [4.69, 9.17) is 0 Å². The molecule has 1 aromatic heterocycles. The van der Waals surface area contributed by atoms with Crippen molar-refractivity contribution >= 4 is 11.7 Å². The molecule has 1 fully saturated rings. The minimum atomic E-state index is -0.0120. The largest absolute Gasteiger partial charge is 0.367 e. The van der Waals surface area contributed by atoms with Crippen molar-refractivity contribution in [3.63, 3.8) is 0 Å². The summed E-state index contributed by atoms with van der Waals surface area (Å²) in [6.07, 6.45) is 6.68. The summed E-state index contributed by atoms with van der Waals surface area (Å²) in [6, 6.07) is 4.20. The van der Waals surface area contributed by atoms with Gasteiger partial charge in [0.2, 0.25) is 0 Å². The van der Waals surface area contributed by atoms with E-state index in [0.717, 1.165) is 5.82 Å². The Hall–Kier alpha value is -1.58. The molecule has 0 bridgehead atoms. The second kappa shape index (κ2) is 5.81. The standard InChI is InChI=1S/C16H25N3O/c1-16(2)10-6-5-7-13(16)18-14-9-8-12(11-17-14)15(20)19(3)4/h8-9,11,13H,5-7,10H2,1-4H3,(H,17,18). The molecule has 1 unspecified atom stereocenters.